The minimum absolute atomic E-state index is 0.121. The number of rotatable bonds is 2. The lowest BCUT2D eigenvalue weighted by Crippen LogP contribution is -2.52. The van der Waals surface area contributed by atoms with Gasteiger partial charge < -0.3 is 9.64 Å². The van der Waals surface area contributed by atoms with Crippen LogP contribution >= 0.6 is 0 Å². The van der Waals surface area contributed by atoms with Crippen molar-refractivity contribution in [3.63, 3.8) is 0 Å². The first kappa shape index (κ1) is 9.26. The maximum atomic E-state index is 12.7. The summed E-state index contributed by atoms with van der Waals surface area (Å²) in [7, 11) is 1.60. The average Bonchev–Trinajstić information content (AvgIpc) is 2.00. The first-order valence-corrected chi connectivity index (χ1v) is 4.17. The van der Waals surface area contributed by atoms with Crippen LogP contribution in [0.1, 0.15) is 0 Å². The van der Waals surface area contributed by atoms with Crippen molar-refractivity contribution in [3.05, 3.63) is 18.1 Å². The Labute approximate surface area is 79.5 Å². The van der Waals surface area contributed by atoms with E-state index in [0.29, 0.717) is 13.1 Å². The second-order valence-corrected chi connectivity index (χ2v) is 3.08. The maximum absolute atomic E-state index is 12.7. The third kappa shape index (κ3) is 1.65. The lowest BCUT2D eigenvalue weighted by Gasteiger charge is -2.38. The molecule has 0 saturated carbocycles. The molecule has 1 aliphatic heterocycles. The molecule has 2 rings (SSSR count). The van der Waals surface area contributed by atoms with E-state index in [1.165, 1.54) is 0 Å². The highest BCUT2D eigenvalue weighted by Crippen LogP contribution is 2.19. The van der Waals surface area contributed by atoms with Crippen LogP contribution in [-0.2, 0) is 4.74 Å². The van der Waals surface area contributed by atoms with Crippen molar-refractivity contribution in [3.8, 4) is 0 Å². The van der Waals surface area contributed by atoms with Crippen LogP contribution in [0.25, 0.3) is 0 Å². The molecule has 1 saturated heterocycles. The summed E-state index contributed by atoms with van der Waals surface area (Å²) in [4.78, 5) is 8.11. The molecule has 6 heteroatoms. The molecule has 2 heterocycles. The lowest BCUT2D eigenvalue weighted by atomic mass is 10.2. The molecule has 4 nitrogen and oxygen atoms in total. The Morgan fingerprint density at radius 3 is 2.71 bits per heavy atom. The van der Waals surface area contributed by atoms with Crippen molar-refractivity contribution in [2.75, 3.05) is 25.1 Å². The van der Waals surface area contributed by atoms with Crippen molar-refractivity contribution >= 4 is 5.82 Å². The van der Waals surface area contributed by atoms with Crippen LogP contribution in [0.4, 0.5) is 14.6 Å². The zero-order valence-corrected chi connectivity index (χ0v) is 7.57. The van der Waals surface area contributed by atoms with E-state index >= 15 is 0 Å². The molecule has 0 unspecified atom stereocenters. The van der Waals surface area contributed by atoms with E-state index in [2.05, 4.69) is 9.97 Å². The van der Waals surface area contributed by atoms with Crippen LogP contribution in [-0.4, -0.2) is 36.3 Å². The molecular weight excluding hydrogens is 192 g/mol. The largest absolute Gasteiger partial charge is 0.378 e. The van der Waals surface area contributed by atoms with E-state index < -0.39 is 12.0 Å². The van der Waals surface area contributed by atoms with E-state index in [0.717, 1.165) is 6.07 Å². The van der Waals surface area contributed by atoms with Gasteiger partial charge in [0.25, 0.3) is 0 Å². The number of anilines is 1. The van der Waals surface area contributed by atoms with E-state index in [-0.39, 0.29) is 11.9 Å². The highest BCUT2D eigenvalue weighted by Gasteiger charge is 2.28. The number of hydrogen-bond acceptors (Lipinski definition) is 4. The monoisotopic (exact) mass is 201 g/mol. The first-order valence-electron chi connectivity index (χ1n) is 4.17. The normalized spacial score (nSPS) is 16.9. The SMILES string of the molecule is COC1CN(c2cc(F)nc(F)n2)C1. The standard InChI is InChI=1S/C8H9F2N3O/c1-14-5-3-13(4-5)7-2-6(9)11-8(10)12-7/h2,5H,3-4H2,1H3. The summed E-state index contributed by atoms with van der Waals surface area (Å²) in [6, 6.07) is 1.11. The van der Waals surface area contributed by atoms with Gasteiger partial charge in [0.1, 0.15) is 5.82 Å². The second-order valence-electron chi connectivity index (χ2n) is 3.08. The van der Waals surface area contributed by atoms with Gasteiger partial charge in [-0.25, -0.2) is 0 Å². The van der Waals surface area contributed by atoms with Gasteiger partial charge in [0.15, 0.2) is 0 Å². The summed E-state index contributed by atoms with van der Waals surface area (Å²) < 4.78 is 30.3. The highest BCUT2D eigenvalue weighted by atomic mass is 19.1. The lowest BCUT2D eigenvalue weighted by molar-refractivity contribution is 0.0781. The maximum Gasteiger partial charge on any atom is 0.313 e. The summed E-state index contributed by atoms with van der Waals surface area (Å²) in [5.41, 5.74) is 0. The van der Waals surface area contributed by atoms with Crippen LogP contribution < -0.4 is 4.90 Å². The van der Waals surface area contributed by atoms with Crippen molar-refractivity contribution in [2.45, 2.75) is 6.10 Å². The zero-order valence-electron chi connectivity index (χ0n) is 7.57. The van der Waals surface area contributed by atoms with Gasteiger partial charge in [-0.05, 0) is 0 Å². The molecule has 1 aliphatic rings. The Bertz CT molecular complexity index is 321. The number of halogens is 2. The van der Waals surface area contributed by atoms with Crippen molar-refractivity contribution < 1.29 is 13.5 Å². The minimum atomic E-state index is -1.04. The number of methoxy groups -OCH3 is 1. The van der Waals surface area contributed by atoms with Crippen LogP contribution in [0.5, 0.6) is 0 Å². The summed E-state index contributed by atoms with van der Waals surface area (Å²) in [5.74, 6) is -0.586. The highest BCUT2D eigenvalue weighted by molar-refractivity contribution is 5.40. The van der Waals surface area contributed by atoms with Gasteiger partial charge in [-0.3, -0.25) is 0 Å². The molecule has 0 aliphatic carbocycles. The van der Waals surface area contributed by atoms with Crippen molar-refractivity contribution in [1.82, 2.24) is 9.97 Å². The third-order valence-electron chi connectivity index (χ3n) is 2.16. The fourth-order valence-electron chi connectivity index (χ4n) is 1.32. The van der Waals surface area contributed by atoms with Gasteiger partial charge in [0.05, 0.1) is 6.10 Å². The molecule has 0 radical (unpaired) electrons. The molecule has 1 aromatic heterocycles. The Morgan fingerprint density at radius 2 is 2.14 bits per heavy atom. The third-order valence-corrected chi connectivity index (χ3v) is 2.16. The van der Waals surface area contributed by atoms with Gasteiger partial charge in [-0.2, -0.15) is 18.7 Å². The Hall–Kier alpha value is -1.30. The molecule has 1 fully saturated rings. The summed E-state index contributed by atoms with van der Waals surface area (Å²) in [5, 5.41) is 0. The molecule has 1 aromatic rings. The molecule has 0 spiro atoms. The van der Waals surface area contributed by atoms with Crippen LogP contribution in [0, 0.1) is 12.0 Å². The van der Waals surface area contributed by atoms with Gasteiger partial charge in [0, 0.05) is 26.3 Å². The van der Waals surface area contributed by atoms with E-state index in [1.54, 1.807) is 12.0 Å². The summed E-state index contributed by atoms with van der Waals surface area (Å²) in [6.07, 6.45) is -0.919. The molecule has 0 N–H and O–H groups in total. The van der Waals surface area contributed by atoms with Gasteiger partial charge in [-0.15, -0.1) is 0 Å². The molecule has 0 bridgehead atoms. The van der Waals surface area contributed by atoms with Gasteiger partial charge in [-0.1, -0.05) is 0 Å². The molecule has 0 atom stereocenters. The number of aromatic nitrogens is 2. The topological polar surface area (TPSA) is 38.2 Å². The molecular formula is C8H9F2N3O. The first-order chi connectivity index (χ1) is 6.69. The molecule has 76 valence electrons. The average molecular weight is 201 g/mol. The van der Waals surface area contributed by atoms with Crippen LogP contribution in [0.15, 0.2) is 6.07 Å². The number of ether oxygens (including phenoxy) is 1. The predicted molar refractivity (Wildman–Crippen MR) is 45.0 cm³/mol. The fourth-order valence-corrected chi connectivity index (χ4v) is 1.32. The van der Waals surface area contributed by atoms with Crippen molar-refractivity contribution in [2.24, 2.45) is 0 Å². The molecule has 0 aromatic carbocycles. The Balaban J connectivity index is 2.10. The predicted octanol–water partition coefficient (Wildman–Crippen LogP) is 0.590. The Kier molecular flexibility index (Phi) is 2.28. The van der Waals surface area contributed by atoms with Crippen LogP contribution in [0.2, 0.25) is 0 Å². The second kappa shape index (κ2) is 3.45. The van der Waals surface area contributed by atoms with Crippen molar-refractivity contribution in [1.29, 1.82) is 0 Å². The fraction of sp³-hybridized carbons (Fsp3) is 0.500. The quantitative estimate of drug-likeness (QED) is 0.518. The number of hydrogen-bond donors (Lipinski definition) is 0. The van der Waals surface area contributed by atoms with E-state index in [4.69, 9.17) is 4.74 Å². The minimum Gasteiger partial charge on any atom is -0.378 e. The summed E-state index contributed by atoms with van der Waals surface area (Å²) >= 11 is 0. The zero-order chi connectivity index (χ0) is 10.1. The Morgan fingerprint density at radius 1 is 1.43 bits per heavy atom. The van der Waals surface area contributed by atoms with Gasteiger partial charge in [0.2, 0.25) is 5.95 Å². The molecule has 14 heavy (non-hydrogen) atoms. The number of nitrogens with zero attached hydrogens (tertiary/aromatic N) is 3. The van der Waals surface area contributed by atoms with E-state index in [9.17, 15) is 8.78 Å². The van der Waals surface area contributed by atoms with Crippen LogP contribution in [0.3, 0.4) is 0 Å². The smallest absolute Gasteiger partial charge is 0.313 e. The summed E-state index contributed by atoms with van der Waals surface area (Å²) in [6.45, 7) is 1.21. The van der Waals surface area contributed by atoms with Gasteiger partial charge >= 0.3 is 6.08 Å². The molecule has 0 amide bonds. The van der Waals surface area contributed by atoms with E-state index in [1.807, 2.05) is 0 Å².